The lowest BCUT2D eigenvalue weighted by Gasteiger charge is -2.35. The van der Waals surface area contributed by atoms with Gasteiger partial charge in [-0.2, -0.15) is 0 Å². The van der Waals surface area contributed by atoms with E-state index in [-0.39, 0.29) is 5.91 Å². The van der Waals surface area contributed by atoms with Crippen molar-refractivity contribution in [1.29, 1.82) is 0 Å². The first kappa shape index (κ1) is 17.2. The molecule has 1 aliphatic carbocycles. The highest BCUT2D eigenvalue weighted by Gasteiger charge is 2.28. The second kappa shape index (κ2) is 7.20. The van der Waals surface area contributed by atoms with Gasteiger partial charge in [-0.25, -0.2) is 9.97 Å². The number of carbonyl (C=O) groups is 1. The van der Waals surface area contributed by atoms with Gasteiger partial charge in [0, 0.05) is 44.2 Å². The van der Waals surface area contributed by atoms with Crippen LogP contribution < -0.4 is 10.2 Å². The van der Waals surface area contributed by atoms with E-state index in [1.54, 1.807) is 13.0 Å². The van der Waals surface area contributed by atoms with Crippen molar-refractivity contribution in [2.75, 3.05) is 42.9 Å². The topological polar surface area (TPSA) is 87.4 Å². The van der Waals surface area contributed by atoms with Gasteiger partial charge in [-0.3, -0.25) is 9.69 Å². The monoisotopic (exact) mass is 376 g/mol. The molecule has 0 aromatic carbocycles. The lowest BCUT2D eigenvalue weighted by molar-refractivity contribution is -0.117. The molecule has 0 bridgehead atoms. The normalized spacial score (nSPS) is 18.2. The van der Waals surface area contributed by atoms with Crippen LogP contribution in [0, 0.1) is 6.92 Å². The molecule has 138 valence electrons. The lowest BCUT2D eigenvalue weighted by atomic mass is 10.3. The molecule has 0 spiro atoms. The summed E-state index contributed by atoms with van der Waals surface area (Å²) in [4.78, 5) is 25.5. The average molecular weight is 377 g/mol. The van der Waals surface area contributed by atoms with Crippen LogP contribution in [0.1, 0.15) is 30.3 Å². The predicted molar refractivity (Wildman–Crippen MR) is 97.5 cm³/mol. The second-order valence-corrected chi connectivity index (χ2v) is 7.20. The summed E-state index contributed by atoms with van der Waals surface area (Å²) in [5, 5.41) is 7.03. The Morgan fingerprint density at radius 2 is 2.04 bits per heavy atom. The van der Waals surface area contributed by atoms with E-state index in [9.17, 15) is 4.79 Å². The summed E-state index contributed by atoms with van der Waals surface area (Å²) in [5.74, 6) is 3.24. The maximum absolute atomic E-state index is 12.1. The van der Waals surface area contributed by atoms with E-state index < -0.39 is 0 Å². The van der Waals surface area contributed by atoms with E-state index in [2.05, 4.69) is 30.2 Å². The first-order valence-electron chi connectivity index (χ1n) is 8.82. The molecular formula is C17H21ClN6O2. The molecule has 2 aromatic heterocycles. The fourth-order valence-electron chi connectivity index (χ4n) is 3.05. The molecule has 26 heavy (non-hydrogen) atoms. The maximum Gasteiger partial charge on any atom is 0.239 e. The van der Waals surface area contributed by atoms with Gasteiger partial charge < -0.3 is 14.7 Å². The third kappa shape index (κ3) is 4.13. The molecule has 1 N–H and O–H groups in total. The minimum absolute atomic E-state index is 0.0900. The van der Waals surface area contributed by atoms with Crippen LogP contribution in [-0.4, -0.2) is 58.7 Å². The van der Waals surface area contributed by atoms with E-state index in [1.807, 2.05) is 6.07 Å². The molecule has 8 nitrogen and oxygen atoms in total. The number of aryl methyl sites for hydroxylation is 1. The van der Waals surface area contributed by atoms with Crippen molar-refractivity contribution in [3.63, 3.8) is 0 Å². The van der Waals surface area contributed by atoms with Crippen LogP contribution in [0.25, 0.3) is 0 Å². The summed E-state index contributed by atoms with van der Waals surface area (Å²) in [5.41, 5.74) is 0. The van der Waals surface area contributed by atoms with Crippen molar-refractivity contribution in [2.45, 2.75) is 25.7 Å². The zero-order valence-electron chi connectivity index (χ0n) is 14.6. The third-order valence-electron chi connectivity index (χ3n) is 4.60. The van der Waals surface area contributed by atoms with Crippen LogP contribution in [0.2, 0.25) is 5.15 Å². The number of hydrogen-bond donors (Lipinski definition) is 1. The summed E-state index contributed by atoms with van der Waals surface area (Å²) in [6.07, 6.45) is 2.29. The van der Waals surface area contributed by atoms with Crippen molar-refractivity contribution in [3.8, 4) is 0 Å². The Morgan fingerprint density at radius 3 is 2.69 bits per heavy atom. The smallest absolute Gasteiger partial charge is 0.239 e. The Balaban J connectivity index is 1.30. The number of nitrogens with one attached hydrogen (secondary N) is 1. The Labute approximate surface area is 156 Å². The van der Waals surface area contributed by atoms with Crippen LogP contribution in [0.15, 0.2) is 16.7 Å². The largest absolute Gasteiger partial charge is 0.360 e. The molecule has 2 fully saturated rings. The first-order chi connectivity index (χ1) is 12.6. The van der Waals surface area contributed by atoms with Gasteiger partial charge in [0.15, 0.2) is 5.82 Å². The molecular weight excluding hydrogens is 356 g/mol. The molecule has 1 saturated heterocycles. The maximum atomic E-state index is 12.1. The second-order valence-electron chi connectivity index (χ2n) is 6.82. The Kier molecular flexibility index (Phi) is 4.78. The molecule has 0 radical (unpaired) electrons. The van der Waals surface area contributed by atoms with Crippen molar-refractivity contribution in [1.82, 2.24) is 20.0 Å². The first-order valence-corrected chi connectivity index (χ1v) is 9.19. The van der Waals surface area contributed by atoms with Gasteiger partial charge in [0.05, 0.1) is 6.54 Å². The number of carbonyl (C=O) groups excluding carboxylic acids is 1. The summed E-state index contributed by atoms with van der Waals surface area (Å²) >= 11 is 6.16. The number of halogens is 1. The highest BCUT2D eigenvalue weighted by atomic mass is 35.5. The zero-order chi connectivity index (χ0) is 18.1. The minimum atomic E-state index is -0.0900. The molecule has 2 aliphatic rings. The number of anilines is 2. The van der Waals surface area contributed by atoms with Gasteiger partial charge in [0.2, 0.25) is 5.91 Å². The highest BCUT2D eigenvalue weighted by Crippen LogP contribution is 2.39. The number of amides is 1. The summed E-state index contributed by atoms with van der Waals surface area (Å²) in [7, 11) is 0. The molecule has 0 unspecified atom stereocenters. The van der Waals surface area contributed by atoms with Gasteiger partial charge in [-0.15, -0.1) is 0 Å². The van der Waals surface area contributed by atoms with Crippen LogP contribution >= 0.6 is 11.6 Å². The van der Waals surface area contributed by atoms with Crippen molar-refractivity contribution in [2.24, 2.45) is 0 Å². The third-order valence-corrected chi connectivity index (χ3v) is 4.79. The standard InChI is InChI=1S/C17H21ClN6O2/c1-11-8-14(22-26-11)20-16(25)10-23-4-6-24(7-5-23)15-9-13(18)19-17(21-15)12-2-3-12/h8-9,12H,2-7,10H2,1H3,(H,20,22,25). The highest BCUT2D eigenvalue weighted by molar-refractivity contribution is 6.29. The fourth-order valence-corrected chi connectivity index (χ4v) is 3.24. The SMILES string of the molecule is Cc1cc(NC(=O)CN2CCN(c3cc(Cl)nc(C4CC4)n3)CC2)no1. The van der Waals surface area contributed by atoms with Gasteiger partial charge >= 0.3 is 0 Å². The number of aromatic nitrogens is 3. The van der Waals surface area contributed by atoms with E-state index in [0.29, 0.717) is 29.2 Å². The van der Waals surface area contributed by atoms with Crippen LogP contribution in [0.5, 0.6) is 0 Å². The zero-order valence-corrected chi connectivity index (χ0v) is 15.4. The Morgan fingerprint density at radius 1 is 1.27 bits per heavy atom. The summed E-state index contributed by atoms with van der Waals surface area (Å²) in [6, 6.07) is 3.52. The van der Waals surface area contributed by atoms with E-state index in [0.717, 1.165) is 50.7 Å². The molecule has 9 heteroatoms. The quantitative estimate of drug-likeness (QED) is 0.799. The van der Waals surface area contributed by atoms with Crippen LogP contribution in [-0.2, 0) is 4.79 Å². The molecule has 0 atom stereocenters. The Bertz CT molecular complexity index is 798. The average Bonchev–Trinajstić information content (AvgIpc) is 3.38. The Hall–Kier alpha value is -2.19. The van der Waals surface area contributed by atoms with Crippen LogP contribution in [0.3, 0.4) is 0 Å². The summed E-state index contributed by atoms with van der Waals surface area (Å²) < 4.78 is 4.95. The van der Waals surface area contributed by atoms with Crippen molar-refractivity contribution in [3.05, 3.63) is 28.9 Å². The fraction of sp³-hybridized carbons (Fsp3) is 0.529. The van der Waals surface area contributed by atoms with E-state index in [1.165, 1.54) is 0 Å². The van der Waals surface area contributed by atoms with Gasteiger partial charge in [-0.1, -0.05) is 16.8 Å². The lowest BCUT2D eigenvalue weighted by Crippen LogP contribution is -2.49. The molecule has 2 aromatic rings. The molecule has 4 rings (SSSR count). The number of piperazine rings is 1. The minimum Gasteiger partial charge on any atom is -0.360 e. The van der Waals surface area contributed by atoms with Gasteiger partial charge in [0.25, 0.3) is 0 Å². The molecule has 1 saturated carbocycles. The number of nitrogens with zero attached hydrogens (tertiary/aromatic N) is 5. The molecule has 3 heterocycles. The van der Waals surface area contributed by atoms with Crippen molar-refractivity contribution < 1.29 is 9.32 Å². The van der Waals surface area contributed by atoms with Gasteiger partial charge in [0.1, 0.15) is 22.6 Å². The predicted octanol–water partition coefficient (Wildman–Crippen LogP) is 2.06. The van der Waals surface area contributed by atoms with Crippen molar-refractivity contribution >= 4 is 29.1 Å². The number of rotatable bonds is 5. The van der Waals surface area contributed by atoms with Crippen LogP contribution in [0.4, 0.5) is 11.6 Å². The van der Waals surface area contributed by atoms with Gasteiger partial charge in [-0.05, 0) is 19.8 Å². The number of hydrogen-bond acceptors (Lipinski definition) is 7. The van der Waals surface area contributed by atoms with E-state index in [4.69, 9.17) is 16.1 Å². The summed E-state index contributed by atoms with van der Waals surface area (Å²) in [6.45, 7) is 5.28. The van der Waals surface area contributed by atoms with E-state index >= 15 is 0 Å². The molecule has 1 aliphatic heterocycles. The molecule has 1 amide bonds.